The van der Waals surface area contributed by atoms with Gasteiger partial charge >= 0.3 is 0 Å². The lowest BCUT2D eigenvalue weighted by molar-refractivity contribution is 0.178. The molecule has 0 aromatic carbocycles. The Balaban J connectivity index is 1.86. The van der Waals surface area contributed by atoms with Crippen molar-refractivity contribution in [3.05, 3.63) is 11.6 Å². The number of hydrogen-bond acceptors (Lipinski definition) is 4. The molecule has 0 saturated heterocycles. The third-order valence-electron chi connectivity index (χ3n) is 3.31. The third kappa shape index (κ3) is 2.41. The lowest BCUT2D eigenvalue weighted by atomic mass is 10.1. The van der Waals surface area contributed by atoms with E-state index in [0.717, 1.165) is 18.4 Å². The van der Waals surface area contributed by atoms with Gasteiger partial charge in [-0.1, -0.05) is 12.8 Å². The number of fused-ring (bicyclic) bond motifs is 1. The molecule has 0 radical (unpaired) electrons. The van der Waals surface area contributed by atoms with Crippen LogP contribution in [0.5, 0.6) is 5.88 Å². The van der Waals surface area contributed by atoms with Crippen LogP contribution in [0.15, 0.2) is 6.33 Å². The van der Waals surface area contributed by atoms with Gasteiger partial charge in [0.25, 0.3) is 0 Å². The molecule has 3 rings (SSSR count). The first-order valence-corrected chi connectivity index (χ1v) is 6.74. The van der Waals surface area contributed by atoms with Crippen molar-refractivity contribution in [1.82, 2.24) is 19.9 Å². The molecule has 18 heavy (non-hydrogen) atoms. The molecule has 0 bridgehead atoms. The zero-order valence-electron chi connectivity index (χ0n) is 10.0. The predicted octanol–water partition coefficient (Wildman–Crippen LogP) is 3.11. The van der Waals surface area contributed by atoms with Gasteiger partial charge in [-0.3, -0.25) is 0 Å². The Morgan fingerprint density at radius 2 is 1.94 bits per heavy atom. The Bertz CT molecular complexity index is 534. The van der Waals surface area contributed by atoms with Crippen molar-refractivity contribution in [2.24, 2.45) is 0 Å². The third-order valence-corrected chi connectivity index (χ3v) is 3.47. The van der Waals surface area contributed by atoms with Crippen LogP contribution >= 0.6 is 11.6 Å². The molecule has 1 fully saturated rings. The second-order valence-corrected chi connectivity index (χ2v) is 4.97. The van der Waals surface area contributed by atoms with Gasteiger partial charge < -0.3 is 9.72 Å². The number of nitrogens with zero attached hydrogens (tertiary/aromatic N) is 3. The molecule has 96 valence electrons. The van der Waals surface area contributed by atoms with Gasteiger partial charge in [0.05, 0.1) is 6.33 Å². The van der Waals surface area contributed by atoms with Gasteiger partial charge in [-0.25, -0.2) is 4.98 Å². The Labute approximate surface area is 110 Å². The van der Waals surface area contributed by atoms with E-state index in [-0.39, 0.29) is 11.4 Å². The van der Waals surface area contributed by atoms with E-state index < -0.39 is 0 Å². The molecule has 1 N–H and O–H groups in total. The Hall–Kier alpha value is -1.36. The number of imidazole rings is 1. The summed E-state index contributed by atoms with van der Waals surface area (Å²) >= 11 is 5.87. The summed E-state index contributed by atoms with van der Waals surface area (Å²) < 4.78 is 5.98. The molecule has 0 spiro atoms. The summed E-state index contributed by atoms with van der Waals surface area (Å²) in [5.41, 5.74) is 1.28. The zero-order chi connectivity index (χ0) is 12.4. The van der Waals surface area contributed by atoms with Crippen LogP contribution in [0.2, 0.25) is 5.28 Å². The molecule has 0 unspecified atom stereocenters. The summed E-state index contributed by atoms with van der Waals surface area (Å²) in [6.45, 7) is 0. The zero-order valence-corrected chi connectivity index (χ0v) is 10.8. The molecule has 0 aliphatic heterocycles. The molecule has 5 nitrogen and oxygen atoms in total. The van der Waals surface area contributed by atoms with Crippen LogP contribution in [-0.2, 0) is 0 Å². The first-order chi connectivity index (χ1) is 8.83. The molecule has 2 aromatic heterocycles. The van der Waals surface area contributed by atoms with E-state index in [1.165, 1.54) is 25.7 Å². The first-order valence-electron chi connectivity index (χ1n) is 6.36. The van der Waals surface area contributed by atoms with E-state index >= 15 is 0 Å². The maximum absolute atomic E-state index is 5.98. The maximum atomic E-state index is 5.98. The fourth-order valence-electron chi connectivity index (χ4n) is 2.38. The van der Waals surface area contributed by atoms with Crippen molar-refractivity contribution < 1.29 is 4.74 Å². The molecule has 1 aliphatic carbocycles. The number of aromatic amines is 1. The molecule has 0 amide bonds. The standard InChI is InChI=1S/C12H15ClN4O/c13-12-16-10-9(14-7-15-10)11(17-12)18-8-5-3-1-2-4-6-8/h7-8H,1-6H2,(H,14,15,16,17). The molecule has 0 atom stereocenters. The van der Waals surface area contributed by atoms with Gasteiger partial charge in [0.15, 0.2) is 5.65 Å². The van der Waals surface area contributed by atoms with Crippen molar-refractivity contribution >= 4 is 22.8 Å². The summed E-state index contributed by atoms with van der Waals surface area (Å²) in [6, 6.07) is 0. The first kappa shape index (κ1) is 11.7. The van der Waals surface area contributed by atoms with E-state index in [1.54, 1.807) is 6.33 Å². The highest BCUT2D eigenvalue weighted by Gasteiger charge is 2.17. The van der Waals surface area contributed by atoms with Crippen molar-refractivity contribution in [1.29, 1.82) is 0 Å². The van der Waals surface area contributed by atoms with Gasteiger partial charge in [-0.05, 0) is 37.3 Å². The van der Waals surface area contributed by atoms with Crippen molar-refractivity contribution in [2.75, 3.05) is 0 Å². The predicted molar refractivity (Wildman–Crippen MR) is 68.8 cm³/mol. The number of aromatic nitrogens is 4. The van der Waals surface area contributed by atoms with Gasteiger partial charge in [0.1, 0.15) is 11.6 Å². The van der Waals surface area contributed by atoms with Crippen LogP contribution in [0.1, 0.15) is 38.5 Å². The Kier molecular flexibility index (Phi) is 3.32. The van der Waals surface area contributed by atoms with Crippen LogP contribution < -0.4 is 4.74 Å². The fraction of sp³-hybridized carbons (Fsp3) is 0.583. The summed E-state index contributed by atoms with van der Waals surface area (Å²) in [5, 5.41) is 0.179. The minimum absolute atomic E-state index is 0.179. The lowest BCUT2D eigenvalue weighted by Crippen LogP contribution is -2.16. The van der Waals surface area contributed by atoms with Crippen molar-refractivity contribution in [2.45, 2.75) is 44.6 Å². The Morgan fingerprint density at radius 1 is 1.17 bits per heavy atom. The highest BCUT2D eigenvalue weighted by atomic mass is 35.5. The van der Waals surface area contributed by atoms with Crippen LogP contribution in [0.25, 0.3) is 11.2 Å². The topological polar surface area (TPSA) is 63.7 Å². The molecule has 6 heteroatoms. The van der Waals surface area contributed by atoms with Crippen LogP contribution in [0, 0.1) is 0 Å². The van der Waals surface area contributed by atoms with Crippen molar-refractivity contribution in [3.63, 3.8) is 0 Å². The van der Waals surface area contributed by atoms with Gasteiger partial charge in [0, 0.05) is 0 Å². The number of nitrogens with one attached hydrogen (secondary N) is 1. The fourth-order valence-corrected chi connectivity index (χ4v) is 2.54. The monoisotopic (exact) mass is 266 g/mol. The average molecular weight is 267 g/mol. The van der Waals surface area contributed by atoms with Gasteiger partial charge in [0.2, 0.25) is 11.2 Å². The average Bonchev–Trinajstić information content (AvgIpc) is 2.66. The summed E-state index contributed by atoms with van der Waals surface area (Å²) in [4.78, 5) is 15.3. The van der Waals surface area contributed by atoms with Crippen LogP contribution in [0.4, 0.5) is 0 Å². The Morgan fingerprint density at radius 3 is 2.72 bits per heavy atom. The maximum Gasteiger partial charge on any atom is 0.244 e. The lowest BCUT2D eigenvalue weighted by Gasteiger charge is -2.16. The van der Waals surface area contributed by atoms with E-state index in [2.05, 4.69) is 19.9 Å². The summed E-state index contributed by atoms with van der Waals surface area (Å²) in [7, 11) is 0. The van der Waals surface area contributed by atoms with Gasteiger partial charge in [-0.15, -0.1) is 0 Å². The van der Waals surface area contributed by atoms with Crippen LogP contribution in [0.3, 0.4) is 0 Å². The number of H-pyrrole nitrogens is 1. The van der Waals surface area contributed by atoms with Crippen LogP contribution in [-0.4, -0.2) is 26.0 Å². The SMILES string of the molecule is Clc1nc(OC2CCCCCC2)c2[nH]cnc2n1. The molecular weight excluding hydrogens is 252 g/mol. The number of rotatable bonds is 2. The van der Waals surface area contributed by atoms with E-state index in [9.17, 15) is 0 Å². The smallest absolute Gasteiger partial charge is 0.244 e. The quantitative estimate of drug-likeness (QED) is 0.670. The van der Waals surface area contributed by atoms with E-state index in [4.69, 9.17) is 16.3 Å². The molecular formula is C12H15ClN4O. The second kappa shape index (κ2) is 5.10. The second-order valence-electron chi connectivity index (χ2n) is 4.63. The number of hydrogen-bond donors (Lipinski definition) is 1. The number of ether oxygens (including phenoxy) is 1. The van der Waals surface area contributed by atoms with E-state index in [0.29, 0.717) is 11.5 Å². The largest absolute Gasteiger partial charge is 0.473 e. The molecule has 1 saturated carbocycles. The molecule has 2 heterocycles. The van der Waals surface area contributed by atoms with Gasteiger partial charge in [-0.2, -0.15) is 9.97 Å². The number of halogens is 1. The normalized spacial score (nSPS) is 17.8. The van der Waals surface area contributed by atoms with E-state index in [1.807, 2.05) is 0 Å². The summed E-state index contributed by atoms with van der Waals surface area (Å²) in [5.74, 6) is 0.523. The summed E-state index contributed by atoms with van der Waals surface area (Å²) in [6.07, 6.45) is 8.99. The van der Waals surface area contributed by atoms with Crippen molar-refractivity contribution in [3.8, 4) is 5.88 Å². The minimum atomic E-state index is 0.179. The highest BCUT2D eigenvalue weighted by Crippen LogP contribution is 2.26. The molecule has 2 aromatic rings. The minimum Gasteiger partial charge on any atom is -0.473 e. The molecule has 1 aliphatic rings. The highest BCUT2D eigenvalue weighted by molar-refractivity contribution is 6.28.